The van der Waals surface area contributed by atoms with Crippen molar-refractivity contribution in [1.82, 2.24) is 4.90 Å². The molecular formula is C14H20N2O4S. The summed E-state index contributed by atoms with van der Waals surface area (Å²) < 4.78 is 28.2. The summed E-state index contributed by atoms with van der Waals surface area (Å²) in [5.41, 5.74) is 0.522. The van der Waals surface area contributed by atoms with Crippen LogP contribution >= 0.6 is 0 Å². The molecule has 0 radical (unpaired) electrons. The number of nitrogens with two attached hydrogens (primary N) is 1. The van der Waals surface area contributed by atoms with Crippen LogP contribution in [-0.4, -0.2) is 44.2 Å². The Hall–Kier alpha value is -1.60. The molecule has 1 aliphatic rings. The summed E-state index contributed by atoms with van der Waals surface area (Å²) in [6, 6.07) is 6.84. The van der Waals surface area contributed by atoms with E-state index in [9.17, 15) is 13.2 Å². The number of ether oxygens (including phenoxy) is 1. The summed E-state index contributed by atoms with van der Waals surface area (Å²) in [5, 5.41) is 4.51. The fourth-order valence-electron chi connectivity index (χ4n) is 2.43. The maximum absolute atomic E-state index is 12.4. The number of piperidine rings is 1. The van der Waals surface area contributed by atoms with Crippen molar-refractivity contribution in [3.63, 3.8) is 0 Å². The molecule has 0 aromatic heterocycles. The second-order valence-corrected chi connectivity index (χ2v) is 6.91. The van der Waals surface area contributed by atoms with Crippen molar-refractivity contribution in [1.29, 1.82) is 0 Å². The van der Waals surface area contributed by atoms with Crippen LogP contribution in [0.3, 0.4) is 0 Å². The van der Waals surface area contributed by atoms with Crippen LogP contribution in [0.25, 0.3) is 0 Å². The fourth-order valence-corrected chi connectivity index (χ4v) is 3.32. The normalized spacial score (nSPS) is 19.3. The number of amides is 1. The Morgan fingerprint density at radius 1 is 1.38 bits per heavy atom. The maximum Gasteiger partial charge on any atom is 0.253 e. The highest BCUT2D eigenvalue weighted by Gasteiger charge is 2.30. The Bertz CT molecular complexity index is 598. The molecule has 2 N–H and O–H groups in total. The van der Waals surface area contributed by atoms with E-state index in [4.69, 9.17) is 9.88 Å². The zero-order valence-electron chi connectivity index (χ0n) is 12.0. The van der Waals surface area contributed by atoms with E-state index in [2.05, 4.69) is 0 Å². The monoisotopic (exact) mass is 312 g/mol. The van der Waals surface area contributed by atoms with Gasteiger partial charge in [-0.1, -0.05) is 0 Å². The van der Waals surface area contributed by atoms with Crippen LogP contribution in [-0.2, 0) is 10.0 Å². The number of carbonyl (C=O) groups excluding carboxylic acids is 1. The first kappa shape index (κ1) is 15.8. The number of rotatable bonds is 4. The highest BCUT2D eigenvalue weighted by atomic mass is 32.2. The van der Waals surface area contributed by atoms with Crippen LogP contribution in [0.15, 0.2) is 24.3 Å². The van der Waals surface area contributed by atoms with E-state index in [1.54, 1.807) is 29.2 Å². The summed E-state index contributed by atoms with van der Waals surface area (Å²) in [5.74, 6) is 0.529. The second kappa shape index (κ2) is 6.44. The van der Waals surface area contributed by atoms with E-state index in [-0.39, 0.29) is 12.5 Å². The molecule has 1 unspecified atom stereocenters. The lowest BCUT2D eigenvalue weighted by Crippen LogP contribution is -2.47. The van der Waals surface area contributed by atoms with Gasteiger partial charge in [0.2, 0.25) is 10.0 Å². The Labute approximate surface area is 124 Å². The van der Waals surface area contributed by atoms with Gasteiger partial charge >= 0.3 is 0 Å². The number of primary sulfonamides is 1. The Balaban J connectivity index is 2.08. The number of likely N-dealkylation sites (tertiary alicyclic amines) is 1. The number of sulfonamides is 1. The molecule has 1 heterocycles. The molecular weight excluding hydrogens is 292 g/mol. The van der Waals surface area contributed by atoms with Gasteiger partial charge in [-0.2, -0.15) is 0 Å². The molecule has 1 fully saturated rings. The number of hydrogen-bond donors (Lipinski definition) is 1. The molecule has 21 heavy (non-hydrogen) atoms. The molecule has 7 heteroatoms. The minimum Gasteiger partial charge on any atom is -0.494 e. The predicted octanol–water partition coefficient (Wildman–Crippen LogP) is 0.978. The third kappa shape index (κ3) is 3.95. The van der Waals surface area contributed by atoms with Gasteiger partial charge in [-0.15, -0.1) is 0 Å². The third-order valence-electron chi connectivity index (χ3n) is 3.54. The van der Waals surface area contributed by atoms with Gasteiger partial charge in [0, 0.05) is 18.7 Å². The van der Waals surface area contributed by atoms with Gasteiger partial charge in [0.05, 0.1) is 11.9 Å². The van der Waals surface area contributed by atoms with Crippen molar-refractivity contribution in [3.05, 3.63) is 29.8 Å². The van der Waals surface area contributed by atoms with E-state index in [1.807, 2.05) is 6.92 Å². The van der Waals surface area contributed by atoms with Crippen molar-refractivity contribution < 1.29 is 17.9 Å². The molecule has 1 saturated heterocycles. The largest absolute Gasteiger partial charge is 0.494 e. The molecule has 1 aliphatic heterocycles. The first-order valence-corrected chi connectivity index (χ1v) is 8.56. The minimum atomic E-state index is -3.60. The van der Waals surface area contributed by atoms with Crippen LogP contribution in [0.4, 0.5) is 0 Å². The van der Waals surface area contributed by atoms with E-state index in [0.29, 0.717) is 37.3 Å². The quantitative estimate of drug-likeness (QED) is 0.897. The Kier molecular flexibility index (Phi) is 4.84. The van der Waals surface area contributed by atoms with Crippen molar-refractivity contribution in [2.24, 2.45) is 5.14 Å². The number of hydrogen-bond acceptors (Lipinski definition) is 4. The summed E-state index contributed by atoms with van der Waals surface area (Å²) in [6.07, 6.45) is 1.15. The van der Waals surface area contributed by atoms with Crippen molar-refractivity contribution in [3.8, 4) is 5.75 Å². The lowest BCUT2D eigenvalue weighted by Gasteiger charge is -2.31. The highest BCUT2D eigenvalue weighted by Crippen LogP contribution is 2.19. The molecule has 1 aromatic rings. The first-order valence-electron chi connectivity index (χ1n) is 6.95. The SMILES string of the molecule is CCOc1ccc(C(=O)N2CCCC(S(N)(=O)=O)C2)cc1. The molecule has 116 valence electrons. The lowest BCUT2D eigenvalue weighted by molar-refractivity contribution is 0.0727. The zero-order valence-corrected chi connectivity index (χ0v) is 12.8. The van der Waals surface area contributed by atoms with Crippen molar-refractivity contribution >= 4 is 15.9 Å². The zero-order chi connectivity index (χ0) is 15.5. The number of benzene rings is 1. The van der Waals surface area contributed by atoms with Crippen LogP contribution in [0.5, 0.6) is 5.75 Å². The molecule has 2 rings (SSSR count). The van der Waals surface area contributed by atoms with Gasteiger partial charge in [-0.05, 0) is 44.0 Å². The van der Waals surface area contributed by atoms with E-state index in [1.165, 1.54) is 0 Å². The van der Waals surface area contributed by atoms with Crippen LogP contribution in [0.1, 0.15) is 30.1 Å². The lowest BCUT2D eigenvalue weighted by atomic mass is 10.1. The van der Waals surface area contributed by atoms with E-state index in [0.717, 1.165) is 0 Å². The maximum atomic E-state index is 12.4. The van der Waals surface area contributed by atoms with Gasteiger partial charge in [0.15, 0.2) is 0 Å². The molecule has 1 atom stereocenters. The van der Waals surface area contributed by atoms with Gasteiger partial charge in [-0.3, -0.25) is 4.79 Å². The molecule has 0 saturated carbocycles. The van der Waals surface area contributed by atoms with Crippen molar-refractivity contribution in [2.45, 2.75) is 25.0 Å². The summed E-state index contributed by atoms with van der Waals surface area (Å²) in [4.78, 5) is 13.9. The van der Waals surface area contributed by atoms with Crippen molar-refractivity contribution in [2.75, 3.05) is 19.7 Å². The molecule has 6 nitrogen and oxygen atoms in total. The van der Waals surface area contributed by atoms with Crippen LogP contribution in [0.2, 0.25) is 0 Å². The van der Waals surface area contributed by atoms with Gasteiger partial charge in [0.25, 0.3) is 5.91 Å². The van der Waals surface area contributed by atoms with Gasteiger partial charge in [0.1, 0.15) is 5.75 Å². The van der Waals surface area contributed by atoms with Crippen LogP contribution in [0, 0.1) is 0 Å². The summed E-state index contributed by atoms with van der Waals surface area (Å²) in [6.45, 7) is 3.17. The minimum absolute atomic E-state index is 0.158. The second-order valence-electron chi connectivity index (χ2n) is 5.06. The smallest absolute Gasteiger partial charge is 0.253 e. The van der Waals surface area contributed by atoms with Crippen LogP contribution < -0.4 is 9.88 Å². The molecule has 0 aliphatic carbocycles. The van der Waals surface area contributed by atoms with E-state index >= 15 is 0 Å². The summed E-state index contributed by atoms with van der Waals surface area (Å²) in [7, 11) is -3.60. The van der Waals surface area contributed by atoms with E-state index < -0.39 is 15.3 Å². The van der Waals surface area contributed by atoms with Gasteiger partial charge < -0.3 is 9.64 Å². The Morgan fingerprint density at radius 2 is 2.05 bits per heavy atom. The molecule has 1 aromatic carbocycles. The first-order chi connectivity index (χ1) is 9.91. The Morgan fingerprint density at radius 3 is 2.62 bits per heavy atom. The molecule has 1 amide bonds. The fraction of sp³-hybridized carbons (Fsp3) is 0.500. The number of carbonyl (C=O) groups is 1. The number of nitrogens with zero attached hydrogens (tertiary/aromatic N) is 1. The van der Waals surface area contributed by atoms with Gasteiger partial charge in [-0.25, -0.2) is 13.6 Å². The average molecular weight is 312 g/mol. The molecule has 0 bridgehead atoms. The molecule has 0 spiro atoms. The summed E-state index contributed by atoms with van der Waals surface area (Å²) >= 11 is 0. The standard InChI is InChI=1S/C14H20N2O4S/c1-2-20-12-7-5-11(6-8-12)14(17)16-9-3-4-13(10-16)21(15,18)19/h5-8,13H,2-4,9-10H2,1H3,(H2,15,18,19). The topological polar surface area (TPSA) is 89.7 Å². The third-order valence-corrected chi connectivity index (χ3v) is 4.86. The highest BCUT2D eigenvalue weighted by molar-refractivity contribution is 7.89. The average Bonchev–Trinajstić information content (AvgIpc) is 2.47. The predicted molar refractivity (Wildman–Crippen MR) is 79.6 cm³/mol.